The van der Waals surface area contributed by atoms with E-state index in [0.717, 1.165) is 17.6 Å². The first-order valence-electron chi connectivity index (χ1n) is 6.78. The highest BCUT2D eigenvalue weighted by Crippen LogP contribution is 2.25. The van der Waals surface area contributed by atoms with E-state index in [1.807, 2.05) is 0 Å². The standard InChI is InChI=1S/C14H16N4O4S2/c1-8-12(23-14(15-8)18-24(3,21)22)13(20)17-11-6-4-5-10(7-11)16-9(2)19/h4-7H,1-3H3,(H,15,18)(H,16,19)(H,17,20). The summed E-state index contributed by atoms with van der Waals surface area (Å²) in [5.74, 6) is -0.625. The maximum atomic E-state index is 12.3. The van der Waals surface area contributed by atoms with Crippen LogP contribution < -0.4 is 15.4 Å². The zero-order valence-corrected chi connectivity index (χ0v) is 14.8. The average molecular weight is 368 g/mol. The Kier molecular flexibility index (Phi) is 5.20. The zero-order valence-electron chi connectivity index (χ0n) is 13.2. The summed E-state index contributed by atoms with van der Waals surface area (Å²) in [6, 6.07) is 6.68. The minimum atomic E-state index is -3.46. The summed E-state index contributed by atoms with van der Waals surface area (Å²) in [5, 5.41) is 5.45. The van der Waals surface area contributed by atoms with E-state index in [9.17, 15) is 18.0 Å². The van der Waals surface area contributed by atoms with Gasteiger partial charge in [-0.3, -0.25) is 14.3 Å². The molecule has 1 aromatic heterocycles. The van der Waals surface area contributed by atoms with E-state index in [2.05, 4.69) is 20.3 Å². The molecule has 1 aromatic carbocycles. The van der Waals surface area contributed by atoms with E-state index in [4.69, 9.17) is 0 Å². The lowest BCUT2D eigenvalue weighted by atomic mass is 10.2. The number of thiazole rings is 1. The van der Waals surface area contributed by atoms with Crippen molar-refractivity contribution in [2.75, 3.05) is 21.6 Å². The van der Waals surface area contributed by atoms with Crippen LogP contribution >= 0.6 is 11.3 Å². The number of nitrogens with one attached hydrogen (secondary N) is 3. The van der Waals surface area contributed by atoms with E-state index in [-0.39, 0.29) is 11.0 Å². The molecular formula is C14H16N4O4S2. The topological polar surface area (TPSA) is 117 Å². The largest absolute Gasteiger partial charge is 0.326 e. The molecule has 0 aliphatic rings. The van der Waals surface area contributed by atoms with Crippen LogP contribution in [0.2, 0.25) is 0 Å². The van der Waals surface area contributed by atoms with Crippen molar-refractivity contribution in [3.63, 3.8) is 0 Å². The fraction of sp³-hybridized carbons (Fsp3) is 0.214. The van der Waals surface area contributed by atoms with Crippen LogP contribution in [0, 0.1) is 6.92 Å². The molecule has 0 fully saturated rings. The third-order valence-corrected chi connectivity index (χ3v) is 4.48. The van der Waals surface area contributed by atoms with Gasteiger partial charge >= 0.3 is 0 Å². The van der Waals surface area contributed by atoms with E-state index >= 15 is 0 Å². The van der Waals surface area contributed by atoms with E-state index in [1.165, 1.54) is 6.92 Å². The normalized spacial score (nSPS) is 11.0. The third kappa shape index (κ3) is 5.03. The summed E-state index contributed by atoms with van der Waals surface area (Å²) in [6.45, 7) is 3.01. The number of rotatable bonds is 5. The molecule has 24 heavy (non-hydrogen) atoms. The Morgan fingerprint density at radius 1 is 1.17 bits per heavy atom. The van der Waals surface area contributed by atoms with Crippen molar-refractivity contribution in [1.82, 2.24) is 4.98 Å². The van der Waals surface area contributed by atoms with Gasteiger partial charge in [-0.2, -0.15) is 0 Å². The zero-order chi connectivity index (χ0) is 17.9. The second kappa shape index (κ2) is 6.97. The number of sulfonamides is 1. The van der Waals surface area contributed by atoms with Gasteiger partial charge < -0.3 is 10.6 Å². The smallest absolute Gasteiger partial charge is 0.267 e. The Morgan fingerprint density at radius 3 is 2.38 bits per heavy atom. The summed E-state index contributed by atoms with van der Waals surface area (Å²) in [6.07, 6.45) is 1.01. The molecule has 0 aliphatic heterocycles. The molecule has 0 spiro atoms. The minimum absolute atomic E-state index is 0.132. The minimum Gasteiger partial charge on any atom is -0.326 e. The van der Waals surface area contributed by atoms with Crippen LogP contribution in [0.4, 0.5) is 16.5 Å². The maximum absolute atomic E-state index is 12.3. The van der Waals surface area contributed by atoms with Crippen molar-refractivity contribution in [3.05, 3.63) is 34.8 Å². The highest BCUT2D eigenvalue weighted by molar-refractivity contribution is 7.92. The number of benzene rings is 1. The lowest BCUT2D eigenvalue weighted by molar-refractivity contribution is -0.114. The van der Waals surface area contributed by atoms with Gasteiger partial charge in [0.15, 0.2) is 5.13 Å². The molecule has 0 atom stereocenters. The monoisotopic (exact) mass is 368 g/mol. The Hall–Kier alpha value is -2.46. The Bertz CT molecular complexity index is 890. The van der Waals surface area contributed by atoms with Crippen molar-refractivity contribution >= 4 is 49.7 Å². The van der Waals surface area contributed by atoms with Crippen molar-refractivity contribution in [2.45, 2.75) is 13.8 Å². The number of carbonyl (C=O) groups excluding carboxylic acids is 2. The predicted octanol–water partition coefficient (Wildman–Crippen LogP) is 2.03. The number of hydrogen-bond acceptors (Lipinski definition) is 6. The van der Waals surface area contributed by atoms with Crippen molar-refractivity contribution in [2.24, 2.45) is 0 Å². The predicted molar refractivity (Wildman–Crippen MR) is 94.0 cm³/mol. The quantitative estimate of drug-likeness (QED) is 0.746. The lowest BCUT2D eigenvalue weighted by Gasteiger charge is -2.07. The molecule has 1 heterocycles. The molecular weight excluding hydrogens is 352 g/mol. The highest BCUT2D eigenvalue weighted by atomic mass is 32.2. The lowest BCUT2D eigenvalue weighted by Crippen LogP contribution is -2.12. The molecule has 0 aliphatic carbocycles. The van der Waals surface area contributed by atoms with Gasteiger partial charge in [0.25, 0.3) is 5.91 Å². The van der Waals surface area contributed by atoms with Crippen LogP contribution in [0.1, 0.15) is 22.3 Å². The molecule has 0 unspecified atom stereocenters. The number of aryl methyl sites for hydroxylation is 1. The number of nitrogens with zero attached hydrogens (tertiary/aromatic N) is 1. The van der Waals surface area contributed by atoms with E-state index in [0.29, 0.717) is 21.9 Å². The summed E-state index contributed by atoms with van der Waals surface area (Å²) >= 11 is 0.945. The molecule has 2 amide bonds. The third-order valence-electron chi connectivity index (χ3n) is 2.72. The molecule has 8 nitrogen and oxygen atoms in total. The van der Waals surface area contributed by atoms with E-state index in [1.54, 1.807) is 31.2 Å². The molecule has 0 bridgehead atoms. The first-order chi connectivity index (χ1) is 11.1. The maximum Gasteiger partial charge on any atom is 0.267 e. The van der Waals surface area contributed by atoms with Gasteiger partial charge in [0.05, 0.1) is 11.9 Å². The van der Waals surface area contributed by atoms with Crippen LogP contribution in [0.3, 0.4) is 0 Å². The molecule has 3 N–H and O–H groups in total. The van der Waals surface area contributed by atoms with Gasteiger partial charge in [-0.15, -0.1) is 0 Å². The molecule has 2 rings (SSSR count). The fourth-order valence-corrected chi connectivity index (χ4v) is 3.57. The van der Waals surface area contributed by atoms with Crippen LogP contribution in [-0.4, -0.2) is 31.5 Å². The highest BCUT2D eigenvalue weighted by Gasteiger charge is 2.17. The fourth-order valence-electron chi connectivity index (χ4n) is 1.88. The molecule has 10 heteroatoms. The van der Waals surface area contributed by atoms with Gasteiger partial charge in [-0.25, -0.2) is 13.4 Å². The number of amides is 2. The molecule has 0 saturated heterocycles. The van der Waals surface area contributed by atoms with Crippen LogP contribution in [0.15, 0.2) is 24.3 Å². The SMILES string of the molecule is CC(=O)Nc1cccc(NC(=O)c2sc(NS(C)(=O)=O)nc2C)c1. The molecule has 0 radical (unpaired) electrons. The van der Waals surface area contributed by atoms with Gasteiger partial charge in [0.2, 0.25) is 15.9 Å². The van der Waals surface area contributed by atoms with Crippen molar-refractivity contribution in [3.8, 4) is 0 Å². The summed E-state index contributed by atoms with van der Waals surface area (Å²) in [7, 11) is -3.46. The summed E-state index contributed by atoms with van der Waals surface area (Å²) in [5.41, 5.74) is 1.47. The number of aromatic nitrogens is 1. The van der Waals surface area contributed by atoms with Crippen LogP contribution in [-0.2, 0) is 14.8 Å². The summed E-state index contributed by atoms with van der Waals surface area (Å²) in [4.78, 5) is 27.7. The average Bonchev–Trinajstić information content (AvgIpc) is 2.76. The van der Waals surface area contributed by atoms with Gasteiger partial charge in [-0.1, -0.05) is 17.4 Å². The van der Waals surface area contributed by atoms with Gasteiger partial charge in [-0.05, 0) is 25.1 Å². The van der Waals surface area contributed by atoms with Gasteiger partial charge in [0, 0.05) is 18.3 Å². The second-order valence-electron chi connectivity index (χ2n) is 5.02. The first kappa shape index (κ1) is 17.9. The van der Waals surface area contributed by atoms with Crippen LogP contribution in [0.5, 0.6) is 0 Å². The van der Waals surface area contributed by atoms with Crippen molar-refractivity contribution in [1.29, 1.82) is 0 Å². The molecule has 0 saturated carbocycles. The number of carbonyl (C=O) groups is 2. The Labute approximate surface area is 143 Å². The Morgan fingerprint density at radius 2 is 1.79 bits per heavy atom. The summed E-state index contributed by atoms with van der Waals surface area (Å²) < 4.78 is 24.7. The van der Waals surface area contributed by atoms with E-state index < -0.39 is 15.9 Å². The first-order valence-corrected chi connectivity index (χ1v) is 9.49. The number of anilines is 3. The molecule has 128 valence electrons. The van der Waals surface area contributed by atoms with Crippen molar-refractivity contribution < 1.29 is 18.0 Å². The van der Waals surface area contributed by atoms with Crippen LogP contribution in [0.25, 0.3) is 0 Å². The molecule has 2 aromatic rings. The number of hydrogen-bond donors (Lipinski definition) is 3. The second-order valence-corrected chi connectivity index (χ2v) is 7.77. The van der Waals surface area contributed by atoms with Gasteiger partial charge in [0.1, 0.15) is 4.88 Å². The Balaban J connectivity index is 2.17.